The third-order valence-corrected chi connectivity index (χ3v) is 3.68. The van der Waals surface area contributed by atoms with E-state index in [0.717, 1.165) is 11.8 Å². The van der Waals surface area contributed by atoms with Crippen LogP contribution in [-0.4, -0.2) is 16.2 Å². The first-order chi connectivity index (χ1) is 7.65. The molecule has 0 saturated heterocycles. The molecule has 2 rings (SSSR count). The number of rotatable bonds is 3. The Kier molecular flexibility index (Phi) is 3.64. The van der Waals surface area contributed by atoms with Crippen LogP contribution in [0.2, 0.25) is 0 Å². The molecule has 1 fully saturated rings. The largest absolute Gasteiger partial charge is 0.307 e. The average Bonchev–Trinajstić information content (AvgIpc) is 2.68. The van der Waals surface area contributed by atoms with Gasteiger partial charge in [-0.2, -0.15) is 5.10 Å². The first-order valence-electron chi connectivity index (χ1n) is 6.40. The minimum absolute atomic E-state index is 0.404. The minimum Gasteiger partial charge on any atom is -0.307 e. The average molecular weight is 221 g/mol. The Balaban J connectivity index is 1.89. The summed E-state index contributed by atoms with van der Waals surface area (Å²) < 4.78 is 0. The number of aromatic nitrogens is 2. The van der Waals surface area contributed by atoms with E-state index in [9.17, 15) is 0 Å². The highest BCUT2D eigenvalue weighted by atomic mass is 15.1. The van der Waals surface area contributed by atoms with Gasteiger partial charge in [-0.25, -0.2) is 0 Å². The summed E-state index contributed by atoms with van der Waals surface area (Å²) in [5.41, 5.74) is 1.26. The summed E-state index contributed by atoms with van der Waals surface area (Å²) in [6, 6.07) is 1.07. The van der Waals surface area contributed by atoms with Gasteiger partial charge < -0.3 is 5.32 Å². The second-order valence-electron chi connectivity index (χ2n) is 5.53. The van der Waals surface area contributed by atoms with Crippen molar-refractivity contribution in [3.63, 3.8) is 0 Å². The number of H-pyrrole nitrogens is 1. The van der Waals surface area contributed by atoms with E-state index >= 15 is 0 Å². The number of aromatic amines is 1. The molecule has 2 N–H and O–H groups in total. The lowest BCUT2D eigenvalue weighted by Crippen LogP contribution is -2.37. The summed E-state index contributed by atoms with van der Waals surface area (Å²) >= 11 is 0. The topological polar surface area (TPSA) is 40.7 Å². The van der Waals surface area contributed by atoms with E-state index in [4.69, 9.17) is 0 Å². The monoisotopic (exact) mass is 221 g/mol. The van der Waals surface area contributed by atoms with E-state index in [2.05, 4.69) is 36.3 Å². The van der Waals surface area contributed by atoms with Crippen molar-refractivity contribution >= 4 is 0 Å². The van der Waals surface area contributed by atoms with Crippen molar-refractivity contribution in [3.05, 3.63) is 18.0 Å². The van der Waals surface area contributed by atoms with Gasteiger partial charge in [-0.1, -0.05) is 13.8 Å². The molecule has 1 saturated carbocycles. The molecule has 16 heavy (non-hydrogen) atoms. The maximum atomic E-state index is 4.00. The molecular formula is C13H23N3. The van der Waals surface area contributed by atoms with Crippen LogP contribution in [0.5, 0.6) is 0 Å². The lowest BCUT2D eigenvalue weighted by atomic mass is 9.80. The standard InChI is InChI=1S/C13H23N3/c1-9-4-10(2)6-13(5-9)16-11(3)12-7-14-15-8-12/h7-11,13,16H,4-6H2,1-3H3,(H,14,15). The normalized spacial score (nSPS) is 32.6. The van der Waals surface area contributed by atoms with E-state index in [1.807, 2.05) is 12.4 Å². The zero-order valence-corrected chi connectivity index (χ0v) is 10.5. The first-order valence-corrected chi connectivity index (χ1v) is 6.40. The SMILES string of the molecule is CC1CC(C)CC(NC(C)c2cn[nH]c2)C1. The Labute approximate surface area is 98.0 Å². The van der Waals surface area contributed by atoms with Crippen LogP contribution in [0.25, 0.3) is 0 Å². The fourth-order valence-electron chi connectivity index (χ4n) is 3.03. The molecule has 90 valence electrons. The van der Waals surface area contributed by atoms with Crippen molar-refractivity contribution in [1.82, 2.24) is 15.5 Å². The molecule has 1 aliphatic carbocycles. The van der Waals surface area contributed by atoms with Crippen LogP contribution < -0.4 is 5.32 Å². The molecule has 1 aromatic heterocycles. The van der Waals surface area contributed by atoms with Crippen molar-refractivity contribution < 1.29 is 0 Å². The highest BCUT2D eigenvalue weighted by Gasteiger charge is 2.25. The summed E-state index contributed by atoms with van der Waals surface area (Å²) in [6.45, 7) is 6.95. The third-order valence-electron chi connectivity index (χ3n) is 3.68. The van der Waals surface area contributed by atoms with Gasteiger partial charge in [-0.3, -0.25) is 5.10 Å². The van der Waals surface area contributed by atoms with Gasteiger partial charge in [-0.15, -0.1) is 0 Å². The quantitative estimate of drug-likeness (QED) is 0.824. The van der Waals surface area contributed by atoms with Crippen LogP contribution in [0, 0.1) is 11.8 Å². The van der Waals surface area contributed by atoms with Crippen LogP contribution in [-0.2, 0) is 0 Å². The summed E-state index contributed by atoms with van der Waals surface area (Å²) in [4.78, 5) is 0. The van der Waals surface area contributed by atoms with E-state index < -0.39 is 0 Å². The Hall–Kier alpha value is -0.830. The van der Waals surface area contributed by atoms with Crippen LogP contribution >= 0.6 is 0 Å². The van der Waals surface area contributed by atoms with Crippen molar-refractivity contribution in [1.29, 1.82) is 0 Å². The van der Waals surface area contributed by atoms with Crippen molar-refractivity contribution in [2.75, 3.05) is 0 Å². The van der Waals surface area contributed by atoms with Crippen molar-refractivity contribution in [2.24, 2.45) is 11.8 Å². The molecule has 1 heterocycles. The molecule has 0 radical (unpaired) electrons. The molecule has 1 aliphatic rings. The van der Waals surface area contributed by atoms with Gasteiger partial charge in [0.05, 0.1) is 6.20 Å². The first kappa shape index (κ1) is 11.6. The molecule has 3 unspecified atom stereocenters. The molecular weight excluding hydrogens is 198 g/mol. The molecule has 3 heteroatoms. The Morgan fingerprint density at radius 1 is 1.31 bits per heavy atom. The molecule has 0 spiro atoms. The van der Waals surface area contributed by atoms with Crippen LogP contribution in [0.15, 0.2) is 12.4 Å². The lowest BCUT2D eigenvalue weighted by molar-refractivity contribution is 0.228. The zero-order valence-electron chi connectivity index (χ0n) is 10.5. The van der Waals surface area contributed by atoms with Gasteiger partial charge in [0.1, 0.15) is 0 Å². The molecule has 0 aromatic carbocycles. The van der Waals surface area contributed by atoms with Crippen LogP contribution in [0.4, 0.5) is 0 Å². The van der Waals surface area contributed by atoms with Crippen LogP contribution in [0.1, 0.15) is 51.6 Å². The maximum absolute atomic E-state index is 4.00. The smallest absolute Gasteiger partial charge is 0.0534 e. The Morgan fingerprint density at radius 3 is 2.56 bits per heavy atom. The highest BCUT2D eigenvalue weighted by Crippen LogP contribution is 2.29. The second-order valence-corrected chi connectivity index (χ2v) is 5.53. The summed E-state index contributed by atoms with van der Waals surface area (Å²) in [5.74, 6) is 1.72. The van der Waals surface area contributed by atoms with Gasteiger partial charge in [0.2, 0.25) is 0 Å². The third kappa shape index (κ3) is 2.85. The molecule has 0 bridgehead atoms. The number of hydrogen-bond acceptors (Lipinski definition) is 2. The highest BCUT2D eigenvalue weighted by molar-refractivity contribution is 5.08. The van der Waals surface area contributed by atoms with Gasteiger partial charge in [0.15, 0.2) is 0 Å². The van der Waals surface area contributed by atoms with E-state index in [1.165, 1.54) is 24.8 Å². The molecule has 0 amide bonds. The summed E-state index contributed by atoms with van der Waals surface area (Å²) in [7, 11) is 0. The van der Waals surface area contributed by atoms with Gasteiger partial charge >= 0.3 is 0 Å². The molecule has 0 aliphatic heterocycles. The predicted octanol–water partition coefficient (Wildman–Crippen LogP) is 2.89. The molecule has 1 aromatic rings. The van der Waals surface area contributed by atoms with Gasteiger partial charge in [0, 0.05) is 23.8 Å². The van der Waals surface area contributed by atoms with Crippen molar-refractivity contribution in [2.45, 2.75) is 52.1 Å². The maximum Gasteiger partial charge on any atom is 0.0534 e. The predicted molar refractivity (Wildman–Crippen MR) is 66.1 cm³/mol. The molecule has 3 nitrogen and oxygen atoms in total. The Bertz CT molecular complexity index is 297. The fraction of sp³-hybridized carbons (Fsp3) is 0.769. The number of nitrogens with one attached hydrogen (secondary N) is 2. The van der Waals surface area contributed by atoms with Crippen molar-refractivity contribution in [3.8, 4) is 0 Å². The van der Waals surface area contributed by atoms with Crippen LogP contribution in [0.3, 0.4) is 0 Å². The zero-order chi connectivity index (χ0) is 11.5. The number of nitrogens with zero attached hydrogens (tertiary/aromatic N) is 1. The van der Waals surface area contributed by atoms with E-state index in [0.29, 0.717) is 12.1 Å². The Morgan fingerprint density at radius 2 is 2.00 bits per heavy atom. The molecule has 3 atom stereocenters. The van der Waals surface area contributed by atoms with E-state index in [-0.39, 0.29) is 0 Å². The second kappa shape index (κ2) is 5.00. The fourth-order valence-corrected chi connectivity index (χ4v) is 3.03. The summed E-state index contributed by atoms with van der Waals surface area (Å²) in [6.07, 6.45) is 7.90. The lowest BCUT2D eigenvalue weighted by Gasteiger charge is -2.33. The summed E-state index contributed by atoms with van der Waals surface area (Å²) in [5, 5.41) is 10.6. The minimum atomic E-state index is 0.404. The number of hydrogen-bond donors (Lipinski definition) is 2. The van der Waals surface area contributed by atoms with Gasteiger partial charge in [-0.05, 0) is 38.0 Å². The van der Waals surface area contributed by atoms with E-state index in [1.54, 1.807) is 0 Å². The van der Waals surface area contributed by atoms with Gasteiger partial charge in [0.25, 0.3) is 0 Å².